The summed E-state index contributed by atoms with van der Waals surface area (Å²) in [4.78, 5) is 11.6. The van der Waals surface area contributed by atoms with Crippen molar-refractivity contribution < 1.29 is 14.3 Å². The van der Waals surface area contributed by atoms with Crippen molar-refractivity contribution in [3.8, 4) is 0 Å². The summed E-state index contributed by atoms with van der Waals surface area (Å²) in [5.41, 5.74) is -0.336. The molecule has 1 saturated heterocycles. The van der Waals surface area contributed by atoms with Crippen LogP contribution in [-0.4, -0.2) is 51.0 Å². The van der Waals surface area contributed by atoms with Gasteiger partial charge in [0.15, 0.2) is 0 Å². The Morgan fingerprint density at radius 1 is 1.62 bits per heavy atom. The van der Waals surface area contributed by atoms with Crippen LogP contribution in [0, 0.1) is 0 Å². The molecule has 1 amide bonds. The van der Waals surface area contributed by atoms with Crippen LogP contribution in [0.15, 0.2) is 0 Å². The van der Waals surface area contributed by atoms with E-state index in [1.807, 2.05) is 13.8 Å². The molecule has 1 fully saturated rings. The molecule has 0 aliphatic carbocycles. The quantitative estimate of drug-likeness (QED) is 0.736. The standard InChI is InChI=1S/C10H20N2O3.ClH/c1-10(2,14-3)7-12-9(13)8-6-11-4-5-15-8;/h8,11H,4-7H2,1-3H3,(H,12,13);1H. The highest BCUT2D eigenvalue weighted by Crippen LogP contribution is 2.05. The van der Waals surface area contributed by atoms with E-state index in [9.17, 15) is 4.79 Å². The third-order valence-electron chi connectivity index (χ3n) is 2.46. The molecule has 1 aliphatic heterocycles. The zero-order valence-corrected chi connectivity index (χ0v) is 10.9. The molecule has 0 radical (unpaired) electrons. The monoisotopic (exact) mass is 252 g/mol. The molecule has 0 aromatic carbocycles. The van der Waals surface area contributed by atoms with Gasteiger partial charge in [0.1, 0.15) is 6.10 Å². The molecule has 1 rings (SSSR count). The fraction of sp³-hybridized carbons (Fsp3) is 0.900. The first-order chi connectivity index (χ1) is 7.05. The Balaban J connectivity index is 0.00000225. The Hall–Kier alpha value is -0.360. The Morgan fingerprint density at radius 3 is 2.81 bits per heavy atom. The van der Waals surface area contributed by atoms with Gasteiger partial charge >= 0.3 is 0 Å². The van der Waals surface area contributed by atoms with Crippen molar-refractivity contribution in [2.75, 3.05) is 33.4 Å². The van der Waals surface area contributed by atoms with Crippen LogP contribution in [-0.2, 0) is 14.3 Å². The Labute approximate surface area is 103 Å². The number of carbonyl (C=O) groups is 1. The van der Waals surface area contributed by atoms with E-state index in [1.165, 1.54) is 0 Å². The zero-order valence-electron chi connectivity index (χ0n) is 10.0. The second-order valence-electron chi connectivity index (χ2n) is 4.25. The Kier molecular flexibility index (Phi) is 6.90. The van der Waals surface area contributed by atoms with E-state index in [2.05, 4.69) is 10.6 Å². The lowest BCUT2D eigenvalue weighted by atomic mass is 10.1. The molecule has 1 heterocycles. The fourth-order valence-electron chi connectivity index (χ4n) is 1.22. The molecule has 1 aliphatic rings. The average Bonchev–Trinajstić information content (AvgIpc) is 2.27. The Bertz CT molecular complexity index is 218. The van der Waals surface area contributed by atoms with Crippen molar-refractivity contribution in [1.82, 2.24) is 10.6 Å². The fourth-order valence-corrected chi connectivity index (χ4v) is 1.22. The number of amides is 1. The van der Waals surface area contributed by atoms with Gasteiger partial charge in [-0.1, -0.05) is 0 Å². The first-order valence-corrected chi connectivity index (χ1v) is 5.20. The summed E-state index contributed by atoms with van der Waals surface area (Å²) in [5, 5.41) is 5.92. The van der Waals surface area contributed by atoms with E-state index in [4.69, 9.17) is 9.47 Å². The lowest BCUT2D eigenvalue weighted by Gasteiger charge is -2.26. The maximum atomic E-state index is 11.6. The highest BCUT2D eigenvalue weighted by molar-refractivity contribution is 5.85. The summed E-state index contributed by atoms with van der Waals surface area (Å²) < 4.78 is 10.5. The first-order valence-electron chi connectivity index (χ1n) is 5.20. The molecule has 16 heavy (non-hydrogen) atoms. The Morgan fingerprint density at radius 2 is 2.31 bits per heavy atom. The van der Waals surface area contributed by atoms with Gasteiger partial charge in [-0.15, -0.1) is 12.4 Å². The van der Waals surface area contributed by atoms with Crippen molar-refractivity contribution >= 4 is 18.3 Å². The molecule has 1 atom stereocenters. The van der Waals surface area contributed by atoms with Gasteiger partial charge in [-0.3, -0.25) is 4.79 Å². The predicted molar refractivity (Wildman–Crippen MR) is 64.0 cm³/mol. The van der Waals surface area contributed by atoms with Gasteiger partial charge in [-0.25, -0.2) is 0 Å². The van der Waals surface area contributed by atoms with Crippen LogP contribution in [0.1, 0.15) is 13.8 Å². The number of morpholine rings is 1. The van der Waals surface area contributed by atoms with E-state index in [0.29, 0.717) is 19.7 Å². The third kappa shape index (κ3) is 5.12. The molecule has 2 N–H and O–H groups in total. The minimum absolute atomic E-state index is 0. The van der Waals surface area contributed by atoms with Gasteiger partial charge in [0.2, 0.25) is 0 Å². The zero-order chi connectivity index (χ0) is 11.3. The summed E-state index contributed by atoms with van der Waals surface area (Å²) >= 11 is 0. The van der Waals surface area contributed by atoms with Crippen molar-refractivity contribution in [3.63, 3.8) is 0 Å². The van der Waals surface area contributed by atoms with Crippen molar-refractivity contribution in [3.05, 3.63) is 0 Å². The molecule has 1 unspecified atom stereocenters. The van der Waals surface area contributed by atoms with Gasteiger partial charge < -0.3 is 20.1 Å². The van der Waals surface area contributed by atoms with Crippen molar-refractivity contribution in [1.29, 1.82) is 0 Å². The largest absolute Gasteiger partial charge is 0.377 e. The van der Waals surface area contributed by atoms with Crippen LogP contribution >= 0.6 is 12.4 Å². The minimum atomic E-state index is -0.369. The van der Waals surface area contributed by atoms with Crippen LogP contribution in [0.25, 0.3) is 0 Å². The summed E-state index contributed by atoms with van der Waals surface area (Å²) in [6, 6.07) is 0. The molecule has 96 valence electrons. The number of hydrogen-bond donors (Lipinski definition) is 2. The van der Waals surface area contributed by atoms with Gasteiger partial charge in [-0.05, 0) is 13.8 Å². The van der Waals surface area contributed by atoms with E-state index < -0.39 is 0 Å². The summed E-state index contributed by atoms with van der Waals surface area (Å²) in [6.07, 6.45) is -0.369. The lowest BCUT2D eigenvalue weighted by Crippen LogP contribution is -2.50. The molecule has 0 aromatic heterocycles. The second-order valence-corrected chi connectivity index (χ2v) is 4.25. The molecular weight excluding hydrogens is 232 g/mol. The summed E-state index contributed by atoms with van der Waals surface area (Å²) in [6.45, 7) is 6.32. The van der Waals surface area contributed by atoms with Crippen LogP contribution < -0.4 is 10.6 Å². The number of hydrogen-bond acceptors (Lipinski definition) is 4. The molecule has 5 nitrogen and oxygen atoms in total. The van der Waals surface area contributed by atoms with Crippen LogP contribution in [0.4, 0.5) is 0 Å². The maximum Gasteiger partial charge on any atom is 0.250 e. The highest BCUT2D eigenvalue weighted by atomic mass is 35.5. The second kappa shape index (κ2) is 7.06. The predicted octanol–water partition coefficient (Wildman–Crippen LogP) is -0.0622. The lowest BCUT2D eigenvalue weighted by molar-refractivity contribution is -0.135. The first kappa shape index (κ1) is 15.6. The number of carbonyl (C=O) groups excluding carboxylic acids is 1. The van der Waals surface area contributed by atoms with Gasteiger partial charge in [-0.2, -0.15) is 0 Å². The van der Waals surface area contributed by atoms with Gasteiger partial charge in [0, 0.05) is 26.7 Å². The maximum absolute atomic E-state index is 11.6. The normalized spacial score (nSPS) is 21.1. The molecule has 0 saturated carbocycles. The van der Waals surface area contributed by atoms with Crippen LogP contribution in [0.3, 0.4) is 0 Å². The number of rotatable bonds is 4. The number of methoxy groups -OCH3 is 1. The molecule has 0 aromatic rings. The van der Waals surface area contributed by atoms with Crippen molar-refractivity contribution in [2.24, 2.45) is 0 Å². The average molecular weight is 253 g/mol. The van der Waals surface area contributed by atoms with E-state index in [0.717, 1.165) is 6.54 Å². The van der Waals surface area contributed by atoms with E-state index >= 15 is 0 Å². The number of halogens is 1. The number of nitrogens with one attached hydrogen (secondary N) is 2. The van der Waals surface area contributed by atoms with Crippen LogP contribution in [0.5, 0.6) is 0 Å². The van der Waals surface area contributed by atoms with Crippen LogP contribution in [0.2, 0.25) is 0 Å². The van der Waals surface area contributed by atoms with E-state index in [1.54, 1.807) is 7.11 Å². The smallest absolute Gasteiger partial charge is 0.250 e. The van der Waals surface area contributed by atoms with E-state index in [-0.39, 0.29) is 30.0 Å². The topological polar surface area (TPSA) is 59.6 Å². The summed E-state index contributed by atoms with van der Waals surface area (Å²) in [7, 11) is 1.63. The molecule has 6 heteroatoms. The summed E-state index contributed by atoms with van der Waals surface area (Å²) in [5.74, 6) is -0.0766. The molecule has 0 bridgehead atoms. The minimum Gasteiger partial charge on any atom is -0.377 e. The molecule has 0 spiro atoms. The number of ether oxygens (including phenoxy) is 2. The molecular formula is C10H21ClN2O3. The van der Waals surface area contributed by atoms with Crippen molar-refractivity contribution in [2.45, 2.75) is 25.6 Å². The van der Waals surface area contributed by atoms with Gasteiger partial charge in [0.25, 0.3) is 5.91 Å². The highest BCUT2D eigenvalue weighted by Gasteiger charge is 2.24. The van der Waals surface area contributed by atoms with Gasteiger partial charge in [0.05, 0.1) is 12.2 Å². The SMILES string of the molecule is COC(C)(C)CNC(=O)C1CNCCO1.Cl. The third-order valence-corrected chi connectivity index (χ3v) is 2.46.